The van der Waals surface area contributed by atoms with E-state index >= 15 is 0 Å². The zero-order chi connectivity index (χ0) is 42.8. The number of hydrogen-bond donors (Lipinski definition) is 0. The number of aromatic nitrogens is 8. The SMILES string of the molecule is COc1ccc2cc3c(cc2c1)-c1nc-3nc2[n-]c(nc3nc(nc4[n-]c(n1)c1cc5ccc(OC)cc5cc41)-c1cc4ccc(OC)cc4cc1-3)c1cc3ccc(OC)cc3cc21.[Cu+2]. The second-order valence-electron chi connectivity index (χ2n) is 15.9. The van der Waals surface area contributed by atoms with Crippen LogP contribution in [0.4, 0.5) is 0 Å². The predicted octanol–water partition coefficient (Wildman–Crippen LogP) is 10.8. The Balaban J connectivity index is 0.00000444. The quantitative estimate of drug-likeness (QED) is 0.155. The van der Waals surface area contributed by atoms with E-state index < -0.39 is 0 Å². The van der Waals surface area contributed by atoms with E-state index in [0.29, 0.717) is 45.9 Å². The number of rotatable bonds is 4. The summed E-state index contributed by atoms with van der Waals surface area (Å²) in [5.74, 6) is 4.84. The van der Waals surface area contributed by atoms with E-state index in [1.165, 1.54) is 0 Å². The van der Waals surface area contributed by atoms with Crippen molar-refractivity contribution < 1.29 is 36.0 Å². The molecule has 0 N–H and O–H groups in total. The van der Waals surface area contributed by atoms with Crippen molar-refractivity contribution in [1.29, 1.82) is 0 Å². The Kier molecular flexibility index (Phi) is 8.58. The van der Waals surface area contributed by atoms with Crippen LogP contribution in [-0.4, -0.2) is 58.3 Å². The molecule has 0 fully saturated rings. The average molecular weight is 896 g/mol. The van der Waals surface area contributed by atoms with Gasteiger partial charge in [0, 0.05) is 44.8 Å². The molecule has 0 saturated heterocycles. The zero-order valence-electron chi connectivity index (χ0n) is 35.1. The summed E-state index contributed by atoms with van der Waals surface area (Å²) in [6.45, 7) is 0. The molecular formula is C52H32CuN8O4. The van der Waals surface area contributed by atoms with Crippen LogP contribution in [0.2, 0.25) is 0 Å². The predicted molar refractivity (Wildman–Crippen MR) is 250 cm³/mol. The molecule has 2 aliphatic heterocycles. The van der Waals surface area contributed by atoms with Crippen LogP contribution in [0.3, 0.4) is 0 Å². The van der Waals surface area contributed by atoms with Gasteiger partial charge >= 0.3 is 17.1 Å². The second kappa shape index (κ2) is 14.5. The van der Waals surface area contributed by atoms with Crippen LogP contribution in [0.5, 0.6) is 23.0 Å². The van der Waals surface area contributed by atoms with Gasteiger partial charge in [-0.1, -0.05) is 24.3 Å². The first-order valence-corrected chi connectivity index (χ1v) is 20.6. The molecule has 315 valence electrons. The molecule has 2 aliphatic rings. The van der Waals surface area contributed by atoms with Gasteiger partial charge in [0.15, 0.2) is 0 Å². The van der Waals surface area contributed by atoms with Gasteiger partial charge in [0.05, 0.1) is 51.7 Å². The van der Waals surface area contributed by atoms with Gasteiger partial charge in [-0.2, -0.15) is 0 Å². The van der Waals surface area contributed by atoms with Crippen LogP contribution in [0.25, 0.3) is 133 Å². The smallest absolute Gasteiger partial charge is 0.497 e. The van der Waals surface area contributed by atoms with E-state index in [1.54, 1.807) is 28.4 Å². The molecule has 11 aromatic rings. The fourth-order valence-corrected chi connectivity index (χ4v) is 9.06. The van der Waals surface area contributed by atoms with Gasteiger partial charge in [-0.25, -0.2) is 9.97 Å². The van der Waals surface area contributed by atoms with Crippen LogP contribution >= 0.6 is 0 Å². The van der Waals surface area contributed by atoms with Gasteiger partial charge in [0.1, 0.15) is 23.0 Å². The van der Waals surface area contributed by atoms with E-state index in [9.17, 15) is 0 Å². The molecule has 13 heteroatoms. The Morgan fingerprint density at radius 2 is 0.538 bits per heavy atom. The minimum Gasteiger partial charge on any atom is -0.497 e. The van der Waals surface area contributed by atoms with Gasteiger partial charge < -0.3 is 48.9 Å². The molecule has 65 heavy (non-hydrogen) atoms. The number of methoxy groups -OCH3 is 4. The van der Waals surface area contributed by atoms with Crippen molar-refractivity contribution in [2.24, 2.45) is 0 Å². The standard InChI is InChI=1S/C52H32N8O4.Cu/c1-61-33-9-5-25-17-37-41(21-29(25)13-33)49-53-45(37)58-50-43-23-31-15-35(63-3)11-7-27(31)19-39(43)47(55-50)60-52-44-24-32-16-36(64-4)12-8-28(32)20-40(44)48(56-52)59-51-42-22-30-14-34(62-2)10-6-26(30)18-38(42)46(54-51)57-49;/h5-24H,1-4H3;/q-2;+2. The Bertz CT molecular complexity index is 3790. The number of nitrogens with zero attached hydrogens (tertiary/aromatic N) is 8. The van der Waals surface area contributed by atoms with Crippen molar-refractivity contribution in [3.05, 3.63) is 121 Å². The van der Waals surface area contributed by atoms with Crippen molar-refractivity contribution in [2.75, 3.05) is 28.4 Å². The van der Waals surface area contributed by atoms with Gasteiger partial charge in [0.2, 0.25) is 0 Å². The molecule has 8 bridgehead atoms. The Morgan fingerprint density at radius 3 is 0.831 bits per heavy atom. The first-order chi connectivity index (χ1) is 31.4. The van der Waals surface area contributed by atoms with E-state index in [-0.39, 0.29) is 17.1 Å². The van der Waals surface area contributed by atoms with Crippen molar-refractivity contribution in [1.82, 2.24) is 39.9 Å². The third kappa shape index (κ3) is 6.04. The summed E-state index contributed by atoms with van der Waals surface area (Å²) >= 11 is 0. The number of hydrogen-bond acceptors (Lipinski definition) is 10. The largest absolute Gasteiger partial charge is 2.00 e. The number of fused-ring (bicyclic) bond motifs is 24. The van der Waals surface area contributed by atoms with Gasteiger partial charge in [-0.05, 0) is 162 Å². The summed E-state index contributed by atoms with van der Waals surface area (Å²) in [7, 11) is 6.66. The summed E-state index contributed by atoms with van der Waals surface area (Å²) in [5, 5.41) is 11.1. The maximum Gasteiger partial charge on any atom is 2.00 e. The van der Waals surface area contributed by atoms with Gasteiger partial charge in [-0.3, -0.25) is 0 Å². The van der Waals surface area contributed by atoms with Crippen molar-refractivity contribution in [3.8, 4) is 68.5 Å². The molecule has 5 heterocycles. The van der Waals surface area contributed by atoms with E-state index in [1.807, 2.05) is 72.8 Å². The molecular weight excluding hydrogens is 864 g/mol. The molecule has 13 rings (SSSR count). The Morgan fingerprint density at radius 1 is 0.292 bits per heavy atom. The Hall–Kier alpha value is -8.12. The molecule has 0 saturated carbocycles. The maximum absolute atomic E-state index is 5.62. The summed E-state index contributed by atoms with van der Waals surface area (Å²) in [4.78, 5) is 41.8. The minimum absolute atomic E-state index is 0. The topological polar surface area (TPSA) is 142 Å². The first-order valence-electron chi connectivity index (χ1n) is 20.6. The van der Waals surface area contributed by atoms with Crippen LogP contribution in [-0.2, 0) is 17.1 Å². The molecule has 8 aromatic carbocycles. The van der Waals surface area contributed by atoms with Crippen LogP contribution < -0.4 is 28.9 Å². The van der Waals surface area contributed by atoms with Gasteiger partial charge in [-0.15, -0.1) is 0 Å². The van der Waals surface area contributed by atoms with E-state index in [2.05, 4.69) is 48.5 Å². The maximum atomic E-state index is 5.62. The molecule has 3 aromatic heterocycles. The molecule has 0 spiro atoms. The molecule has 0 atom stereocenters. The third-order valence-corrected chi connectivity index (χ3v) is 12.4. The van der Waals surface area contributed by atoms with Crippen LogP contribution in [0.1, 0.15) is 0 Å². The van der Waals surface area contributed by atoms with E-state index in [0.717, 1.165) is 110 Å². The second-order valence-corrected chi connectivity index (χ2v) is 15.9. The average Bonchev–Trinajstić information content (AvgIpc) is 4.04. The van der Waals surface area contributed by atoms with Crippen LogP contribution in [0, 0.1) is 0 Å². The third-order valence-electron chi connectivity index (χ3n) is 12.4. The van der Waals surface area contributed by atoms with Crippen molar-refractivity contribution in [3.63, 3.8) is 0 Å². The Labute approximate surface area is 379 Å². The molecule has 0 amide bonds. The molecule has 1 radical (unpaired) electrons. The number of benzene rings is 8. The fourth-order valence-electron chi connectivity index (χ4n) is 9.06. The van der Waals surface area contributed by atoms with Crippen molar-refractivity contribution >= 4 is 87.2 Å². The summed E-state index contributed by atoms with van der Waals surface area (Å²) in [5.41, 5.74) is 5.08. The minimum atomic E-state index is 0. The summed E-state index contributed by atoms with van der Waals surface area (Å²) in [6.07, 6.45) is 0. The zero-order valence-corrected chi connectivity index (χ0v) is 36.0. The summed E-state index contributed by atoms with van der Waals surface area (Å²) in [6, 6.07) is 40.7. The monoisotopic (exact) mass is 895 g/mol. The van der Waals surface area contributed by atoms with Crippen molar-refractivity contribution in [2.45, 2.75) is 0 Å². The normalized spacial score (nSPS) is 11.9. The van der Waals surface area contributed by atoms with Crippen LogP contribution in [0.15, 0.2) is 121 Å². The molecule has 12 nitrogen and oxygen atoms in total. The fraction of sp³-hybridized carbons (Fsp3) is 0.0769. The van der Waals surface area contributed by atoms with Gasteiger partial charge in [0.25, 0.3) is 0 Å². The first kappa shape index (κ1) is 38.5. The molecule has 0 unspecified atom stereocenters. The van der Waals surface area contributed by atoms with E-state index in [4.69, 9.17) is 58.8 Å². The summed E-state index contributed by atoms with van der Waals surface area (Å²) < 4.78 is 22.5. The number of ether oxygens (including phenoxy) is 4. The molecule has 0 aliphatic carbocycles.